The molecule has 0 saturated heterocycles. The van der Waals surface area contributed by atoms with E-state index in [0.717, 1.165) is 17.8 Å². The third-order valence-corrected chi connectivity index (χ3v) is 4.74. The summed E-state index contributed by atoms with van der Waals surface area (Å²) in [6.45, 7) is 11.2. The Hall–Kier alpha value is -1.36. The summed E-state index contributed by atoms with van der Waals surface area (Å²) in [5.41, 5.74) is 4.23. The SMILES string of the molecule is CCc1c(NN)ncnc1NC1C(C)(C)C1(C)C. The Morgan fingerprint density at radius 1 is 1.17 bits per heavy atom. The van der Waals surface area contributed by atoms with E-state index >= 15 is 0 Å². The molecule has 1 aromatic heterocycles. The second kappa shape index (κ2) is 4.09. The molecular weight excluding hydrogens is 226 g/mol. The highest BCUT2D eigenvalue weighted by atomic mass is 15.3. The van der Waals surface area contributed by atoms with Crippen LogP contribution >= 0.6 is 0 Å². The van der Waals surface area contributed by atoms with Crippen molar-refractivity contribution < 1.29 is 0 Å². The number of anilines is 2. The lowest BCUT2D eigenvalue weighted by Crippen LogP contribution is -2.17. The third kappa shape index (κ3) is 1.73. The van der Waals surface area contributed by atoms with Gasteiger partial charge in [-0.25, -0.2) is 15.8 Å². The monoisotopic (exact) mass is 249 g/mol. The van der Waals surface area contributed by atoms with E-state index in [1.807, 2.05) is 0 Å². The van der Waals surface area contributed by atoms with E-state index in [2.05, 4.69) is 55.3 Å². The number of nitrogen functional groups attached to an aromatic ring is 1. The fourth-order valence-corrected chi connectivity index (χ4v) is 2.69. The molecule has 100 valence electrons. The Bertz CT molecular complexity index is 439. The second-order valence-corrected chi connectivity index (χ2v) is 6.07. The van der Waals surface area contributed by atoms with Crippen LogP contribution in [0.15, 0.2) is 6.33 Å². The van der Waals surface area contributed by atoms with Gasteiger partial charge in [0.25, 0.3) is 0 Å². The number of hydrazine groups is 1. The van der Waals surface area contributed by atoms with Crippen LogP contribution in [0.25, 0.3) is 0 Å². The first-order chi connectivity index (χ1) is 8.36. The summed E-state index contributed by atoms with van der Waals surface area (Å²) in [5.74, 6) is 7.07. The Morgan fingerprint density at radius 2 is 1.72 bits per heavy atom. The molecule has 0 aromatic carbocycles. The molecule has 1 heterocycles. The van der Waals surface area contributed by atoms with Crippen molar-refractivity contribution in [2.75, 3.05) is 10.7 Å². The quantitative estimate of drug-likeness (QED) is 0.563. The van der Waals surface area contributed by atoms with Crippen LogP contribution in [0, 0.1) is 10.8 Å². The van der Waals surface area contributed by atoms with Crippen LogP contribution in [-0.4, -0.2) is 16.0 Å². The molecule has 0 radical (unpaired) electrons. The van der Waals surface area contributed by atoms with Crippen LogP contribution in [-0.2, 0) is 6.42 Å². The highest BCUT2D eigenvalue weighted by Crippen LogP contribution is 2.63. The zero-order valence-electron chi connectivity index (χ0n) is 11.8. The van der Waals surface area contributed by atoms with Crippen LogP contribution in [0.4, 0.5) is 11.6 Å². The van der Waals surface area contributed by atoms with Crippen molar-refractivity contribution in [3.63, 3.8) is 0 Å². The first-order valence-electron chi connectivity index (χ1n) is 6.43. The van der Waals surface area contributed by atoms with Gasteiger partial charge in [-0.05, 0) is 17.3 Å². The summed E-state index contributed by atoms with van der Waals surface area (Å²) in [6, 6.07) is 0.427. The number of hydrogen-bond donors (Lipinski definition) is 3. The van der Waals surface area contributed by atoms with Gasteiger partial charge in [0.05, 0.1) is 0 Å². The molecule has 18 heavy (non-hydrogen) atoms. The van der Waals surface area contributed by atoms with Gasteiger partial charge in [-0.1, -0.05) is 34.6 Å². The molecule has 1 aliphatic rings. The summed E-state index contributed by atoms with van der Waals surface area (Å²) in [6.07, 6.45) is 2.38. The van der Waals surface area contributed by atoms with E-state index in [-0.39, 0.29) is 10.8 Å². The lowest BCUT2D eigenvalue weighted by atomic mass is 10.0. The standard InChI is InChI=1S/C13H23N5/c1-6-8-9(15-7-16-10(8)18-14)17-11-12(2,3)13(11,4)5/h7,11H,6,14H2,1-5H3,(H2,15,16,17,18). The lowest BCUT2D eigenvalue weighted by molar-refractivity contribution is 0.457. The van der Waals surface area contributed by atoms with Crippen LogP contribution < -0.4 is 16.6 Å². The molecule has 5 nitrogen and oxygen atoms in total. The Balaban J connectivity index is 2.26. The average molecular weight is 249 g/mol. The minimum atomic E-state index is 0.277. The molecule has 1 aromatic rings. The zero-order valence-corrected chi connectivity index (χ0v) is 11.8. The average Bonchev–Trinajstić information content (AvgIpc) is 2.71. The van der Waals surface area contributed by atoms with Gasteiger partial charge in [-0.3, -0.25) is 0 Å². The first-order valence-corrected chi connectivity index (χ1v) is 6.43. The van der Waals surface area contributed by atoms with Gasteiger partial charge >= 0.3 is 0 Å². The summed E-state index contributed by atoms with van der Waals surface area (Å²) in [4.78, 5) is 8.49. The van der Waals surface area contributed by atoms with Crippen LogP contribution in [0.3, 0.4) is 0 Å². The Kier molecular flexibility index (Phi) is 2.97. The maximum Gasteiger partial charge on any atom is 0.148 e. The maximum atomic E-state index is 5.48. The van der Waals surface area contributed by atoms with Crippen molar-refractivity contribution in [2.45, 2.75) is 47.1 Å². The van der Waals surface area contributed by atoms with Crippen molar-refractivity contribution in [1.82, 2.24) is 9.97 Å². The molecule has 4 N–H and O–H groups in total. The first kappa shape index (κ1) is 13.1. The number of nitrogens with two attached hydrogens (primary N) is 1. The van der Waals surface area contributed by atoms with Gasteiger partial charge in [0.15, 0.2) is 0 Å². The van der Waals surface area contributed by atoms with Crippen LogP contribution in [0.1, 0.15) is 40.2 Å². The Morgan fingerprint density at radius 3 is 2.17 bits per heavy atom. The van der Waals surface area contributed by atoms with Gasteiger partial charge in [0.1, 0.15) is 18.0 Å². The van der Waals surface area contributed by atoms with Crippen molar-refractivity contribution in [3.8, 4) is 0 Å². The third-order valence-electron chi connectivity index (χ3n) is 4.74. The Labute approximate surface area is 109 Å². The van der Waals surface area contributed by atoms with Crippen molar-refractivity contribution in [3.05, 3.63) is 11.9 Å². The van der Waals surface area contributed by atoms with Gasteiger partial charge in [0.2, 0.25) is 0 Å². The van der Waals surface area contributed by atoms with Crippen LogP contribution in [0.2, 0.25) is 0 Å². The molecular formula is C13H23N5. The number of nitrogens with zero attached hydrogens (tertiary/aromatic N) is 2. The molecule has 0 aliphatic heterocycles. The fraction of sp³-hybridized carbons (Fsp3) is 0.692. The van der Waals surface area contributed by atoms with E-state index < -0.39 is 0 Å². The molecule has 0 atom stereocenters. The molecule has 0 amide bonds. The van der Waals surface area contributed by atoms with E-state index in [0.29, 0.717) is 11.9 Å². The van der Waals surface area contributed by atoms with Gasteiger partial charge in [-0.15, -0.1) is 0 Å². The molecule has 1 saturated carbocycles. The summed E-state index contributed by atoms with van der Waals surface area (Å²) >= 11 is 0. The smallest absolute Gasteiger partial charge is 0.148 e. The van der Waals surface area contributed by atoms with Gasteiger partial charge in [0, 0.05) is 11.6 Å². The molecule has 2 rings (SSSR count). The van der Waals surface area contributed by atoms with Crippen molar-refractivity contribution in [2.24, 2.45) is 16.7 Å². The summed E-state index contributed by atoms with van der Waals surface area (Å²) in [5, 5.41) is 3.54. The van der Waals surface area contributed by atoms with Crippen LogP contribution in [0.5, 0.6) is 0 Å². The van der Waals surface area contributed by atoms with E-state index in [9.17, 15) is 0 Å². The maximum absolute atomic E-state index is 5.48. The molecule has 5 heteroatoms. The number of aromatic nitrogens is 2. The topological polar surface area (TPSA) is 75.9 Å². The highest BCUT2D eigenvalue weighted by Gasteiger charge is 2.65. The fourth-order valence-electron chi connectivity index (χ4n) is 2.69. The summed E-state index contributed by atoms with van der Waals surface area (Å²) in [7, 11) is 0. The largest absolute Gasteiger partial charge is 0.366 e. The normalized spacial score (nSPS) is 20.6. The van der Waals surface area contributed by atoms with Gasteiger partial charge < -0.3 is 10.7 Å². The van der Waals surface area contributed by atoms with Gasteiger partial charge in [-0.2, -0.15) is 0 Å². The van der Waals surface area contributed by atoms with Crippen molar-refractivity contribution in [1.29, 1.82) is 0 Å². The molecule has 1 fully saturated rings. The van der Waals surface area contributed by atoms with E-state index in [1.165, 1.54) is 0 Å². The predicted octanol–water partition coefficient (Wildman–Crippen LogP) is 2.17. The van der Waals surface area contributed by atoms with E-state index in [1.54, 1.807) is 6.33 Å². The van der Waals surface area contributed by atoms with Crippen molar-refractivity contribution >= 4 is 11.6 Å². The number of hydrogen-bond acceptors (Lipinski definition) is 5. The highest BCUT2D eigenvalue weighted by molar-refractivity contribution is 5.58. The molecule has 1 aliphatic carbocycles. The molecule has 0 bridgehead atoms. The van der Waals surface area contributed by atoms with E-state index in [4.69, 9.17) is 5.84 Å². The predicted molar refractivity (Wildman–Crippen MR) is 74.2 cm³/mol. The minimum Gasteiger partial charge on any atom is -0.366 e. The summed E-state index contributed by atoms with van der Waals surface area (Å²) < 4.78 is 0. The minimum absolute atomic E-state index is 0.277. The molecule has 0 unspecified atom stereocenters. The number of nitrogens with one attached hydrogen (secondary N) is 2. The zero-order chi connectivity index (χ0) is 13.6. The lowest BCUT2D eigenvalue weighted by Gasteiger charge is -2.13. The second-order valence-electron chi connectivity index (χ2n) is 6.07. The number of rotatable bonds is 4. The molecule has 0 spiro atoms.